The molecule has 1 atom stereocenters. The Bertz CT molecular complexity index is 680. The zero-order valence-electron chi connectivity index (χ0n) is 15.0. The molecule has 0 bridgehead atoms. The lowest BCUT2D eigenvalue weighted by atomic mass is 9.77. The van der Waals surface area contributed by atoms with E-state index in [2.05, 4.69) is 4.90 Å². The summed E-state index contributed by atoms with van der Waals surface area (Å²) < 4.78 is 13.0. The molecule has 1 aliphatic rings. The van der Waals surface area contributed by atoms with Crippen molar-refractivity contribution in [2.24, 2.45) is 5.92 Å². The monoisotopic (exact) mass is 397 g/mol. The summed E-state index contributed by atoms with van der Waals surface area (Å²) in [6.45, 7) is 4.85. The summed E-state index contributed by atoms with van der Waals surface area (Å²) in [5.41, 5.74) is 1.27. The topological polar surface area (TPSA) is 23.5 Å². The average molecular weight is 398 g/mol. The molecule has 0 saturated carbocycles. The average Bonchev–Trinajstić information content (AvgIpc) is 2.62. The molecule has 1 heterocycles. The summed E-state index contributed by atoms with van der Waals surface area (Å²) in [5.74, 6) is 0.0599. The van der Waals surface area contributed by atoms with E-state index in [1.165, 1.54) is 12.1 Å². The second-order valence-electron chi connectivity index (χ2n) is 7.15. The van der Waals surface area contributed by atoms with Crippen LogP contribution in [0.15, 0.2) is 48.5 Å². The lowest BCUT2D eigenvalue weighted by molar-refractivity contribution is -0.0328. The zero-order valence-corrected chi connectivity index (χ0v) is 16.6. The number of piperidine rings is 1. The van der Waals surface area contributed by atoms with Crippen molar-refractivity contribution < 1.29 is 9.50 Å². The molecule has 1 aliphatic heterocycles. The van der Waals surface area contributed by atoms with Crippen LogP contribution in [0.25, 0.3) is 0 Å². The van der Waals surface area contributed by atoms with Gasteiger partial charge in [0, 0.05) is 11.6 Å². The number of benzene rings is 2. The fourth-order valence-electron chi connectivity index (χ4n) is 3.68. The van der Waals surface area contributed by atoms with Gasteiger partial charge in [-0.05, 0) is 80.6 Å². The van der Waals surface area contributed by atoms with Crippen LogP contribution in [0.5, 0.6) is 0 Å². The minimum Gasteiger partial charge on any atom is -0.385 e. The van der Waals surface area contributed by atoms with Crippen LogP contribution >= 0.6 is 24.0 Å². The Hall–Kier alpha value is -1.13. The van der Waals surface area contributed by atoms with Gasteiger partial charge in [0.05, 0.1) is 5.60 Å². The van der Waals surface area contributed by atoms with E-state index in [-0.39, 0.29) is 24.1 Å². The maximum absolute atomic E-state index is 13.0. The molecule has 0 aliphatic carbocycles. The number of hydrogen-bond acceptors (Lipinski definition) is 2. The number of rotatable bonds is 5. The van der Waals surface area contributed by atoms with Gasteiger partial charge in [0.1, 0.15) is 5.82 Å². The van der Waals surface area contributed by atoms with Crippen molar-refractivity contribution in [1.29, 1.82) is 0 Å². The van der Waals surface area contributed by atoms with E-state index >= 15 is 0 Å². The molecule has 2 aromatic rings. The quantitative estimate of drug-likeness (QED) is 0.761. The third-order valence-corrected chi connectivity index (χ3v) is 5.69. The van der Waals surface area contributed by atoms with Crippen molar-refractivity contribution in [1.82, 2.24) is 4.90 Å². The van der Waals surface area contributed by atoms with Gasteiger partial charge in [0.25, 0.3) is 0 Å². The molecule has 0 spiro atoms. The standard InChI is InChI=1S/C21H25ClFNO.ClH/c1-21(25,17-4-6-19(22)7-5-17)18-11-14-24(15-12-18)13-10-16-2-8-20(23)9-3-16;/h2-9,18,25H,10-15H2,1H3;1H. The molecule has 1 fully saturated rings. The highest BCUT2D eigenvalue weighted by Gasteiger charge is 2.35. The van der Waals surface area contributed by atoms with E-state index in [0.717, 1.165) is 50.0 Å². The van der Waals surface area contributed by atoms with Crippen LogP contribution in [-0.2, 0) is 12.0 Å². The first-order valence-corrected chi connectivity index (χ1v) is 9.28. The van der Waals surface area contributed by atoms with E-state index in [0.29, 0.717) is 5.02 Å². The molecule has 1 unspecified atom stereocenters. The lowest BCUT2D eigenvalue weighted by Crippen LogP contribution is -2.42. The molecule has 5 heteroatoms. The van der Waals surface area contributed by atoms with Crippen molar-refractivity contribution in [3.63, 3.8) is 0 Å². The van der Waals surface area contributed by atoms with Gasteiger partial charge in [0.2, 0.25) is 0 Å². The number of hydrogen-bond donors (Lipinski definition) is 1. The SMILES string of the molecule is CC(O)(c1ccc(Cl)cc1)C1CCN(CCc2ccc(F)cc2)CC1.Cl. The maximum atomic E-state index is 13.0. The third kappa shape index (κ3) is 5.20. The largest absolute Gasteiger partial charge is 0.385 e. The van der Waals surface area contributed by atoms with Crippen LogP contribution in [0, 0.1) is 11.7 Å². The Balaban J connectivity index is 0.00000243. The minimum absolute atomic E-state index is 0. The molecule has 2 aromatic carbocycles. The Morgan fingerprint density at radius 3 is 2.23 bits per heavy atom. The van der Waals surface area contributed by atoms with E-state index in [1.54, 1.807) is 0 Å². The van der Waals surface area contributed by atoms with Crippen molar-refractivity contribution in [3.05, 3.63) is 70.5 Å². The summed E-state index contributed by atoms with van der Waals surface area (Å²) in [4.78, 5) is 2.43. The molecule has 3 rings (SSSR count). The molecule has 26 heavy (non-hydrogen) atoms. The molecule has 0 amide bonds. The van der Waals surface area contributed by atoms with Crippen LogP contribution in [0.2, 0.25) is 5.02 Å². The van der Waals surface area contributed by atoms with Crippen molar-refractivity contribution in [2.75, 3.05) is 19.6 Å². The first kappa shape index (κ1) is 21.2. The third-order valence-electron chi connectivity index (χ3n) is 5.44. The molecule has 1 saturated heterocycles. The smallest absolute Gasteiger partial charge is 0.123 e. The second kappa shape index (κ2) is 9.18. The van der Waals surface area contributed by atoms with Gasteiger partial charge < -0.3 is 10.0 Å². The molecule has 0 aromatic heterocycles. The van der Waals surface area contributed by atoms with Crippen molar-refractivity contribution in [2.45, 2.75) is 31.8 Å². The van der Waals surface area contributed by atoms with Crippen molar-refractivity contribution in [3.8, 4) is 0 Å². The summed E-state index contributed by atoms with van der Waals surface area (Å²) in [7, 11) is 0. The van der Waals surface area contributed by atoms with E-state index in [9.17, 15) is 9.50 Å². The highest BCUT2D eigenvalue weighted by molar-refractivity contribution is 6.30. The lowest BCUT2D eigenvalue weighted by Gasteiger charge is -2.40. The number of aliphatic hydroxyl groups is 1. The van der Waals surface area contributed by atoms with E-state index in [4.69, 9.17) is 11.6 Å². The maximum Gasteiger partial charge on any atom is 0.123 e. The summed E-state index contributed by atoms with van der Waals surface area (Å²) in [5, 5.41) is 11.7. The zero-order chi connectivity index (χ0) is 17.9. The van der Waals surface area contributed by atoms with Crippen LogP contribution in [0.4, 0.5) is 4.39 Å². The van der Waals surface area contributed by atoms with Crippen molar-refractivity contribution >= 4 is 24.0 Å². The number of nitrogens with zero attached hydrogens (tertiary/aromatic N) is 1. The summed E-state index contributed by atoms with van der Waals surface area (Å²) >= 11 is 5.95. The summed E-state index contributed by atoms with van der Waals surface area (Å²) in [6, 6.07) is 14.3. The van der Waals surface area contributed by atoms with Crippen LogP contribution in [0.3, 0.4) is 0 Å². The highest BCUT2D eigenvalue weighted by atomic mass is 35.5. The van der Waals surface area contributed by atoms with Gasteiger partial charge in [-0.1, -0.05) is 35.9 Å². The Labute approximate surface area is 166 Å². The van der Waals surface area contributed by atoms with Gasteiger partial charge in [-0.25, -0.2) is 4.39 Å². The van der Waals surface area contributed by atoms with Gasteiger partial charge in [-0.15, -0.1) is 12.4 Å². The van der Waals surface area contributed by atoms with E-state index in [1.807, 2.05) is 43.3 Å². The number of halogens is 3. The van der Waals surface area contributed by atoms with Gasteiger partial charge in [0.15, 0.2) is 0 Å². The molecule has 0 radical (unpaired) electrons. The Morgan fingerprint density at radius 2 is 1.65 bits per heavy atom. The minimum atomic E-state index is -0.826. The molecular weight excluding hydrogens is 372 g/mol. The van der Waals surface area contributed by atoms with Gasteiger partial charge in [-0.3, -0.25) is 0 Å². The normalized spacial score (nSPS) is 18.2. The molecule has 142 valence electrons. The van der Waals surface area contributed by atoms with Crippen LogP contribution in [-0.4, -0.2) is 29.6 Å². The predicted molar refractivity (Wildman–Crippen MR) is 108 cm³/mol. The molecular formula is C21H26Cl2FNO. The first-order chi connectivity index (χ1) is 11.9. The highest BCUT2D eigenvalue weighted by Crippen LogP contribution is 2.36. The first-order valence-electron chi connectivity index (χ1n) is 8.90. The molecule has 2 nitrogen and oxygen atoms in total. The van der Waals surface area contributed by atoms with Crippen LogP contribution < -0.4 is 0 Å². The second-order valence-corrected chi connectivity index (χ2v) is 7.58. The van der Waals surface area contributed by atoms with Gasteiger partial charge >= 0.3 is 0 Å². The molecule has 1 N–H and O–H groups in total. The fraction of sp³-hybridized carbons (Fsp3) is 0.429. The van der Waals surface area contributed by atoms with Gasteiger partial charge in [-0.2, -0.15) is 0 Å². The predicted octanol–water partition coefficient (Wildman–Crippen LogP) is 5.06. The number of likely N-dealkylation sites (tertiary alicyclic amines) is 1. The summed E-state index contributed by atoms with van der Waals surface area (Å²) in [6.07, 6.45) is 2.87. The Morgan fingerprint density at radius 1 is 1.08 bits per heavy atom. The fourth-order valence-corrected chi connectivity index (χ4v) is 3.81. The Kier molecular flexibility index (Phi) is 7.48. The van der Waals surface area contributed by atoms with Crippen LogP contribution in [0.1, 0.15) is 30.9 Å². The van der Waals surface area contributed by atoms with E-state index < -0.39 is 5.60 Å².